The number of hydrogen-bond donors (Lipinski definition) is 0. The van der Waals surface area contributed by atoms with Crippen LogP contribution in [0.4, 0.5) is 0 Å². The fourth-order valence-corrected chi connectivity index (χ4v) is 2.99. The fourth-order valence-electron chi connectivity index (χ4n) is 1.88. The fraction of sp³-hybridized carbons (Fsp3) is 0.200. The third-order valence-corrected chi connectivity index (χ3v) is 4.10. The highest BCUT2D eigenvalue weighted by Gasteiger charge is 2.14. The van der Waals surface area contributed by atoms with Crippen LogP contribution in [-0.4, -0.2) is 7.11 Å². The first-order chi connectivity index (χ1) is 8.70. The van der Waals surface area contributed by atoms with E-state index in [0.717, 1.165) is 22.2 Å². The van der Waals surface area contributed by atoms with Crippen molar-refractivity contribution in [3.63, 3.8) is 0 Å². The molecular formula is C15H14Br2O. The van der Waals surface area contributed by atoms with Crippen LogP contribution in [0, 0.1) is 0 Å². The minimum absolute atomic E-state index is 0.243. The highest BCUT2D eigenvalue weighted by molar-refractivity contribution is 9.10. The summed E-state index contributed by atoms with van der Waals surface area (Å²) in [4.78, 5) is 0.243. The van der Waals surface area contributed by atoms with Crippen molar-refractivity contribution < 1.29 is 4.74 Å². The average molecular weight is 370 g/mol. The van der Waals surface area contributed by atoms with Gasteiger partial charge in [-0.15, -0.1) is 0 Å². The maximum atomic E-state index is 5.41. The Kier molecular flexibility index (Phi) is 4.84. The number of hydrogen-bond acceptors (Lipinski definition) is 1. The summed E-state index contributed by atoms with van der Waals surface area (Å²) >= 11 is 7.25. The number of methoxy groups -OCH3 is 1. The Hall–Kier alpha value is -0.800. The zero-order chi connectivity index (χ0) is 13.0. The van der Waals surface area contributed by atoms with E-state index in [1.807, 2.05) is 18.2 Å². The summed E-state index contributed by atoms with van der Waals surface area (Å²) in [5.41, 5.74) is 2.47. The van der Waals surface area contributed by atoms with Crippen molar-refractivity contribution in [3.8, 4) is 5.75 Å². The molecule has 2 rings (SSSR count). The molecule has 0 aliphatic heterocycles. The van der Waals surface area contributed by atoms with Crippen molar-refractivity contribution >= 4 is 31.9 Å². The lowest BCUT2D eigenvalue weighted by molar-refractivity contribution is 0.409. The van der Waals surface area contributed by atoms with Gasteiger partial charge in [-0.05, 0) is 30.2 Å². The first-order valence-corrected chi connectivity index (χ1v) is 7.43. The van der Waals surface area contributed by atoms with Crippen LogP contribution in [0.1, 0.15) is 16.0 Å². The molecule has 0 aromatic heterocycles. The van der Waals surface area contributed by atoms with Crippen molar-refractivity contribution in [3.05, 3.63) is 64.1 Å². The van der Waals surface area contributed by atoms with Crippen molar-refractivity contribution in [2.45, 2.75) is 11.2 Å². The van der Waals surface area contributed by atoms with E-state index in [4.69, 9.17) is 4.74 Å². The van der Waals surface area contributed by atoms with Crippen LogP contribution in [0.15, 0.2) is 53.0 Å². The maximum absolute atomic E-state index is 5.41. The average Bonchev–Trinajstić information content (AvgIpc) is 2.40. The Bertz CT molecular complexity index is 511. The number of ether oxygens (including phenoxy) is 1. The minimum Gasteiger partial charge on any atom is -0.496 e. The van der Waals surface area contributed by atoms with Crippen molar-refractivity contribution in [2.75, 3.05) is 7.11 Å². The third kappa shape index (κ3) is 3.36. The molecule has 3 heteroatoms. The first kappa shape index (κ1) is 13.6. The second kappa shape index (κ2) is 6.39. The predicted octanol–water partition coefficient (Wildman–Crippen LogP) is 5.14. The smallest absolute Gasteiger partial charge is 0.123 e. The molecule has 1 atom stereocenters. The van der Waals surface area contributed by atoms with Gasteiger partial charge in [0, 0.05) is 14.9 Å². The number of halogens is 2. The Morgan fingerprint density at radius 2 is 1.83 bits per heavy atom. The van der Waals surface area contributed by atoms with Gasteiger partial charge in [0.05, 0.1) is 7.11 Å². The molecule has 1 nitrogen and oxygen atoms in total. The van der Waals surface area contributed by atoms with Gasteiger partial charge in [-0.3, -0.25) is 0 Å². The second-order valence-electron chi connectivity index (χ2n) is 4.04. The van der Waals surface area contributed by atoms with Gasteiger partial charge in [-0.2, -0.15) is 0 Å². The molecule has 0 saturated heterocycles. The van der Waals surface area contributed by atoms with Gasteiger partial charge >= 0.3 is 0 Å². The molecule has 94 valence electrons. The van der Waals surface area contributed by atoms with E-state index in [-0.39, 0.29) is 4.83 Å². The lowest BCUT2D eigenvalue weighted by Crippen LogP contribution is -1.99. The quantitative estimate of drug-likeness (QED) is 0.678. The lowest BCUT2D eigenvalue weighted by atomic mass is 10.0. The third-order valence-electron chi connectivity index (χ3n) is 2.79. The van der Waals surface area contributed by atoms with Crippen molar-refractivity contribution in [2.24, 2.45) is 0 Å². The topological polar surface area (TPSA) is 9.23 Å². The Labute approximate surface area is 124 Å². The van der Waals surface area contributed by atoms with Crippen LogP contribution >= 0.6 is 31.9 Å². The lowest BCUT2D eigenvalue weighted by Gasteiger charge is -2.15. The second-order valence-corrected chi connectivity index (χ2v) is 6.06. The summed E-state index contributed by atoms with van der Waals surface area (Å²) < 4.78 is 6.47. The molecule has 0 N–H and O–H groups in total. The van der Waals surface area contributed by atoms with Gasteiger partial charge in [0.15, 0.2) is 0 Å². The highest BCUT2D eigenvalue weighted by atomic mass is 79.9. The normalized spacial score (nSPS) is 12.2. The van der Waals surface area contributed by atoms with E-state index < -0.39 is 0 Å². The van der Waals surface area contributed by atoms with Crippen LogP contribution in [0.3, 0.4) is 0 Å². The summed E-state index contributed by atoms with van der Waals surface area (Å²) in [5, 5.41) is 0. The van der Waals surface area contributed by atoms with Crippen LogP contribution in [0.5, 0.6) is 5.75 Å². The molecule has 2 aromatic carbocycles. The molecule has 18 heavy (non-hydrogen) atoms. The molecule has 0 heterocycles. The summed E-state index contributed by atoms with van der Waals surface area (Å²) in [6.45, 7) is 0. The zero-order valence-electron chi connectivity index (χ0n) is 10.1. The van der Waals surface area contributed by atoms with Crippen LogP contribution < -0.4 is 4.74 Å². The molecule has 0 spiro atoms. The van der Waals surface area contributed by atoms with Crippen molar-refractivity contribution in [1.29, 1.82) is 0 Å². The Balaban J connectivity index is 2.23. The van der Waals surface area contributed by atoms with E-state index in [1.165, 1.54) is 5.56 Å². The van der Waals surface area contributed by atoms with Gasteiger partial charge in [0.2, 0.25) is 0 Å². The zero-order valence-corrected chi connectivity index (χ0v) is 13.2. The van der Waals surface area contributed by atoms with E-state index in [1.54, 1.807) is 7.11 Å². The number of alkyl halides is 1. The summed E-state index contributed by atoms with van der Waals surface area (Å²) in [6, 6.07) is 16.5. The molecule has 0 aliphatic rings. The molecular weight excluding hydrogens is 356 g/mol. The minimum atomic E-state index is 0.243. The van der Waals surface area contributed by atoms with E-state index >= 15 is 0 Å². The van der Waals surface area contributed by atoms with Gasteiger partial charge in [0.1, 0.15) is 5.75 Å². The molecule has 0 amide bonds. The Morgan fingerprint density at radius 1 is 1.11 bits per heavy atom. The molecule has 2 aromatic rings. The van der Waals surface area contributed by atoms with Gasteiger partial charge < -0.3 is 4.74 Å². The van der Waals surface area contributed by atoms with Gasteiger partial charge in [-0.1, -0.05) is 62.2 Å². The molecule has 0 saturated carbocycles. The Morgan fingerprint density at radius 3 is 2.50 bits per heavy atom. The predicted molar refractivity (Wildman–Crippen MR) is 82.5 cm³/mol. The monoisotopic (exact) mass is 368 g/mol. The number of rotatable bonds is 4. The molecule has 0 bridgehead atoms. The summed E-state index contributed by atoms with van der Waals surface area (Å²) in [7, 11) is 1.70. The van der Waals surface area contributed by atoms with Crippen LogP contribution in [-0.2, 0) is 6.42 Å². The standard InChI is InChI=1S/C15H14Br2O/c1-18-15-8-7-12(16)10-13(15)14(17)9-11-5-3-2-4-6-11/h2-8,10,14H,9H2,1H3. The molecule has 1 unspecified atom stereocenters. The van der Waals surface area contributed by atoms with Crippen molar-refractivity contribution in [1.82, 2.24) is 0 Å². The largest absolute Gasteiger partial charge is 0.496 e. The summed E-state index contributed by atoms with van der Waals surface area (Å²) in [5.74, 6) is 0.913. The van der Waals surface area contributed by atoms with E-state index in [2.05, 4.69) is 62.2 Å². The SMILES string of the molecule is COc1ccc(Br)cc1C(Br)Cc1ccccc1. The number of benzene rings is 2. The van der Waals surface area contributed by atoms with E-state index in [9.17, 15) is 0 Å². The maximum Gasteiger partial charge on any atom is 0.123 e. The highest BCUT2D eigenvalue weighted by Crippen LogP contribution is 2.35. The van der Waals surface area contributed by atoms with Crippen LogP contribution in [0.2, 0.25) is 0 Å². The molecule has 0 fully saturated rings. The van der Waals surface area contributed by atoms with Gasteiger partial charge in [0.25, 0.3) is 0 Å². The molecule has 0 radical (unpaired) electrons. The molecule has 0 aliphatic carbocycles. The van der Waals surface area contributed by atoms with Gasteiger partial charge in [-0.25, -0.2) is 0 Å². The van der Waals surface area contributed by atoms with Crippen LogP contribution in [0.25, 0.3) is 0 Å². The summed E-state index contributed by atoms with van der Waals surface area (Å²) in [6.07, 6.45) is 0.938. The van der Waals surface area contributed by atoms with E-state index in [0.29, 0.717) is 0 Å². The first-order valence-electron chi connectivity index (χ1n) is 5.72.